The lowest BCUT2D eigenvalue weighted by atomic mass is 10.1. The SMILES string of the molecule is COc1ccc(OCCCCCCCC(C(C)=O)P(=O)([O-])[O-])c(Cl)c1. The predicted octanol–water partition coefficient (Wildman–Crippen LogP) is 2.94. The minimum Gasteiger partial charge on any atom is -0.810 e. The number of carbonyl (C=O) groups is 1. The van der Waals surface area contributed by atoms with Gasteiger partial charge in [-0.25, -0.2) is 0 Å². The van der Waals surface area contributed by atoms with Crippen molar-refractivity contribution in [1.29, 1.82) is 0 Å². The molecule has 0 spiro atoms. The normalized spacial score (nSPS) is 12.7. The van der Waals surface area contributed by atoms with Gasteiger partial charge in [0.1, 0.15) is 17.3 Å². The van der Waals surface area contributed by atoms with Crippen molar-refractivity contribution < 1.29 is 28.6 Å². The Kier molecular flexibility index (Phi) is 9.51. The van der Waals surface area contributed by atoms with Crippen molar-refractivity contribution in [3.05, 3.63) is 23.2 Å². The van der Waals surface area contributed by atoms with Crippen LogP contribution in [-0.4, -0.2) is 25.2 Å². The molecule has 1 atom stereocenters. The lowest BCUT2D eigenvalue weighted by molar-refractivity contribution is -0.315. The molecule has 0 bridgehead atoms. The molecule has 6 nitrogen and oxygen atoms in total. The average Bonchev–Trinajstić information content (AvgIpc) is 2.52. The first-order valence-corrected chi connectivity index (χ1v) is 10.2. The number of halogens is 1. The largest absolute Gasteiger partial charge is 0.810 e. The minimum atomic E-state index is -4.83. The molecule has 0 fully saturated rings. The molecule has 0 aliphatic carbocycles. The summed E-state index contributed by atoms with van der Waals surface area (Å²) in [7, 11) is -3.27. The van der Waals surface area contributed by atoms with Crippen molar-refractivity contribution in [1.82, 2.24) is 0 Å². The molecule has 1 aromatic carbocycles. The second-order valence-electron chi connectivity index (χ2n) is 5.87. The van der Waals surface area contributed by atoms with E-state index in [0.717, 1.165) is 32.6 Å². The van der Waals surface area contributed by atoms with Gasteiger partial charge in [-0.15, -0.1) is 0 Å². The Hall–Kier alpha value is -1.07. The molecule has 0 saturated carbocycles. The van der Waals surface area contributed by atoms with E-state index in [1.807, 2.05) is 0 Å². The molecule has 1 rings (SSSR count). The lowest BCUT2D eigenvalue weighted by Gasteiger charge is -2.36. The number of Topliss-reactive ketones (excluding diaryl/α,β-unsaturated/α-hetero) is 1. The highest BCUT2D eigenvalue weighted by atomic mass is 35.5. The van der Waals surface area contributed by atoms with Crippen molar-refractivity contribution in [3.8, 4) is 11.5 Å². The van der Waals surface area contributed by atoms with Gasteiger partial charge < -0.3 is 23.8 Å². The van der Waals surface area contributed by atoms with Crippen molar-refractivity contribution in [3.63, 3.8) is 0 Å². The smallest absolute Gasteiger partial charge is 0.138 e. The van der Waals surface area contributed by atoms with Gasteiger partial charge in [0.05, 0.1) is 18.7 Å². The number of carbonyl (C=O) groups excluding carboxylic acids is 1. The number of benzene rings is 1. The summed E-state index contributed by atoms with van der Waals surface area (Å²) >= 11 is 6.07. The standard InChI is InChI=1S/C17H26ClO6P/c1-13(19)17(25(20,21)22)8-6-4-3-5-7-11-24-16-10-9-14(23-2)12-15(16)18/h9-10,12,17H,3-8,11H2,1-2H3,(H2,20,21,22)/p-2. The molecule has 0 radical (unpaired) electrons. The summed E-state index contributed by atoms with van der Waals surface area (Å²) < 4.78 is 21.7. The van der Waals surface area contributed by atoms with Crippen LogP contribution in [0.3, 0.4) is 0 Å². The second-order valence-corrected chi connectivity index (χ2v) is 7.98. The fourth-order valence-corrected chi connectivity index (χ4v) is 3.63. The molecule has 0 saturated heterocycles. The molecule has 142 valence electrons. The first kappa shape index (κ1) is 22.0. The van der Waals surface area contributed by atoms with Gasteiger partial charge in [0.25, 0.3) is 0 Å². The maximum Gasteiger partial charge on any atom is 0.138 e. The van der Waals surface area contributed by atoms with Crippen LogP contribution in [0.2, 0.25) is 5.02 Å². The zero-order valence-corrected chi connectivity index (χ0v) is 16.2. The van der Waals surface area contributed by atoms with E-state index in [2.05, 4.69) is 0 Å². The zero-order valence-electron chi connectivity index (χ0n) is 14.5. The fourth-order valence-electron chi connectivity index (χ4n) is 2.46. The van der Waals surface area contributed by atoms with Gasteiger partial charge in [-0.2, -0.15) is 0 Å². The summed E-state index contributed by atoms with van der Waals surface area (Å²) in [6.07, 6.45) is 4.05. The quantitative estimate of drug-likeness (QED) is 0.402. The van der Waals surface area contributed by atoms with E-state index in [-0.39, 0.29) is 6.42 Å². The molecule has 25 heavy (non-hydrogen) atoms. The van der Waals surface area contributed by atoms with Gasteiger partial charge in [-0.1, -0.05) is 44.9 Å². The van der Waals surface area contributed by atoms with Crippen LogP contribution < -0.4 is 19.3 Å². The Morgan fingerprint density at radius 1 is 1.20 bits per heavy atom. The summed E-state index contributed by atoms with van der Waals surface area (Å²) in [5.74, 6) is 0.702. The summed E-state index contributed by atoms with van der Waals surface area (Å²) in [5, 5.41) is 0.495. The molecule has 0 amide bonds. The van der Waals surface area contributed by atoms with Crippen molar-refractivity contribution in [2.45, 2.75) is 51.1 Å². The van der Waals surface area contributed by atoms with Crippen molar-refractivity contribution in [2.24, 2.45) is 0 Å². The van der Waals surface area contributed by atoms with E-state index in [9.17, 15) is 19.1 Å². The van der Waals surface area contributed by atoms with Gasteiger partial charge in [-0.3, -0.25) is 4.79 Å². The van der Waals surface area contributed by atoms with Crippen LogP contribution in [0.1, 0.15) is 45.4 Å². The van der Waals surface area contributed by atoms with Gasteiger partial charge in [-0.05, 0) is 31.9 Å². The zero-order chi connectivity index (χ0) is 18.9. The summed E-state index contributed by atoms with van der Waals surface area (Å²) in [4.78, 5) is 33.2. The molecule has 1 unspecified atom stereocenters. The first-order chi connectivity index (χ1) is 11.8. The Labute approximate surface area is 153 Å². The highest BCUT2D eigenvalue weighted by Crippen LogP contribution is 2.35. The van der Waals surface area contributed by atoms with Gasteiger partial charge in [0.2, 0.25) is 0 Å². The number of ketones is 1. The van der Waals surface area contributed by atoms with Crippen molar-refractivity contribution in [2.75, 3.05) is 13.7 Å². The Bertz CT molecular complexity index is 601. The third-order valence-electron chi connectivity index (χ3n) is 3.87. The van der Waals surface area contributed by atoms with Crippen molar-refractivity contribution >= 4 is 25.0 Å². The Morgan fingerprint density at radius 3 is 2.40 bits per heavy atom. The number of ether oxygens (including phenoxy) is 2. The van der Waals surface area contributed by atoms with Gasteiger partial charge in [0.15, 0.2) is 0 Å². The van der Waals surface area contributed by atoms with Crippen LogP contribution in [0.4, 0.5) is 0 Å². The summed E-state index contributed by atoms with van der Waals surface area (Å²) in [6.45, 7) is 1.67. The molecule has 0 aliphatic rings. The Balaban J connectivity index is 2.16. The molecule has 0 aromatic heterocycles. The fraction of sp³-hybridized carbons (Fsp3) is 0.588. The topological polar surface area (TPSA) is 98.7 Å². The van der Waals surface area contributed by atoms with Crippen LogP contribution in [0.15, 0.2) is 18.2 Å². The Morgan fingerprint density at radius 2 is 1.84 bits per heavy atom. The molecule has 0 N–H and O–H groups in total. The van der Waals surface area contributed by atoms with Gasteiger partial charge in [0, 0.05) is 11.7 Å². The van der Waals surface area contributed by atoms with E-state index < -0.39 is 19.0 Å². The summed E-state index contributed by atoms with van der Waals surface area (Å²) in [6, 6.07) is 5.22. The number of methoxy groups -OCH3 is 1. The molecular formula is C17H24ClO6P-2. The molecular weight excluding hydrogens is 367 g/mol. The van der Waals surface area contributed by atoms with E-state index in [4.69, 9.17) is 21.1 Å². The van der Waals surface area contributed by atoms with Crippen LogP contribution in [0.5, 0.6) is 11.5 Å². The average molecular weight is 391 g/mol. The maximum atomic E-state index is 11.2. The molecule has 1 aromatic rings. The predicted molar refractivity (Wildman–Crippen MR) is 93.3 cm³/mol. The second kappa shape index (κ2) is 10.8. The third kappa shape index (κ3) is 8.23. The number of hydrogen-bond donors (Lipinski definition) is 0. The first-order valence-electron chi connectivity index (χ1n) is 8.24. The van der Waals surface area contributed by atoms with E-state index in [0.29, 0.717) is 29.5 Å². The number of rotatable bonds is 12. The maximum absolute atomic E-state index is 11.2. The minimum absolute atomic E-state index is 0.109. The van der Waals surface area contributed by atoms with Gasteiger partial charge >= 0.3 is 0 Å². The summed E-state index contributed by atoms with van der Waals surface area (Å²) in [5.41, 5.74) is -1.38. The van der Waals surface area contributed by atoms with Crippen LogP contribution in [-0.2, 0) is 9.36 Å². The van der Waals surface area contributed by atoms with Crippen LogP contribution >= 0.6 is 19.2 Å². The van der Waals surface area contributed by atoms with Crippen LogP contribution in [0.25, 0.3) is 0 Å². The third-order valence-corrected chi connectivity index (χ3v) is 5.55. The highest BCUT2D eigenvalue weighted by molar-refractivity contribution is 7.50. The molecule has 8 heteroatoms. The number of unbranched alkanes of at least 4 members (excludes halogenated alkanes) is 4. The molecule has 0 aliphatic heterocycles. The lowest BCUT2D eigenvalue weighted by Crippen LogP contribution is -2.31. The highest BCUT2D eigenvalue weighted by Gasteiger charge is 2.17. The number of hydrogen-bond acceptors (Lipinski definition) is 6. The van der Waals surface area contributed by atoms with E-state index in [1.54, 1.807) is 25.3 Å². The molecule has 0 heterocycles. The van der Waals surface area contributed by atoms with E-state index in [1.165, 1.54) is 0 Å². The monoisotopic (exact) mass is 390 g/mol. The van der Waals surface area contributed by atoms with Crippen LogP contribution in [0, 0.1) is 0 Å². The van der Waals surface area contributed by atoms with E-state index >= 15 is 0 Å².